The molecule has 0 aliphatic carbocycles. The van der Waals surface area contributed by atoms with Crippen LogP contribution in [0.25, 0.3) is 16.7 Å². The molecular formula is C21H16N6O3S. The Morgan fingerprint density at radius 1 is 1.06 bits per heavy atom. The highest BCUT2D eigenvalue weighted by Gasteiger charge is 2.21. The number of nitriles is 1. The summed E-state index contributed by atoms with van der Waals surface area (Å²) in [5.74, 6) is -0.699. The van der Waals surface area contributed by atoms with Crippen molar-refractivity contribution >= 4 is 32.5 Å². The quantitative estimate of drug-likeness (QED) is 0.524. The van der Waals surface area contributed by atoms with Crippen LogP contribution in [-0.2, 0) is 9.84 Å². The first-order valence-electron chi connectivity index (χ1n) is 9.10. The van der Waals surface area contributed by atoms with E-state index in [0.717, 1.165) is 23.7 Å². The minimum Gasteiger partial charge on any atom is -0.322 e. The number of amides is 1. The van der Waals surface area contributed by atoms with E-state index in [1.807, 2.05) is 37.3 Å². The fraction of sp³-hybridized carbons (Fsp3) is 0.0952. The number of carbonyl (C=O) groups is 1. The van der Waals surface area contributed by atoms with Crippen LogP contribution in [0, 0.1) is 18.3 Å². The number of nitrogens with one attached hydrogen (secondary N) is 1. The van der Waals surface area contributed by atoms with E-state index in [4.69, 9.17) is 5.26 Å². The van der Waals surface area contributed by atoms with Gasteiger partial charge in [0.2, 0.25) is 0 Å². The normalized spacial score (nSPS) is 11.3. The molecule has 2 aromatic carbocycles. The van der Waals surface area contributed by atoms with Gasteiger partial charge in [-0.2, -0.15) is 10.1 Å². The van der Waals surface area contributed by atoms with Gasteiger partial charge in [-0.1, -0.05) is 17.7 Å². The topological polar surface area (TPSA) is 131 Å². The maximum Gasteiger partial charge on any atom is 0.258 e. The van der Waals surface area contributed by atoms with Gasteiger partial charge in [-0.05, 0) is 43.3 Å². The second-order valence-electron chi connectivity index (χ2n) is 6.94. The number of fused-ring (bicyclic) bond motifs is 1. The molecule has 154 valence electrons. The molecule has 4 rings (SSSR count). The number of rotatable bonds is 4. The summed E-state index contributed by atoms with van der Waals surface area (Å²) < 4.78 is 24.0. The Morgan fingerprint density at radius 2 is 1.77 bits per heavy atom. The fourth-order valence-electron chi connectivity index (χ4n) is 2.96. The van der Waals surface area contributed by atoms with Gasteiger partial charge in [0.1, 0.15) is 17.1 Å². The van der Waals surface area contributed by atoms with Crippen molar-refractivity contribution in [2.45, 2.75) is 11.9 Å². The summed E-state index contributed by atoms with van der Waals surface area (Å²) >= 11 is 0. The van der Waals surface area contributed by atoms with Crippen molar-refractivity contribution < 1.29 is 13.2 Å². The van der Waals surface area contributed by atoms with Crippen molar-refractivity contribution in [2.75, 3.05) is 11.6 Å². The van der Waals surface area contributed by atoms with Gasteiger partial charge in [-0.3, -0.25) is 4.79 Å². The van der Waals surface area contributed by atoms with E-state index in [2.05, 4.69) is 20.5 Å². The molecule has 0 aliphatic rings. The average molecular weight is 432 g/mol. The van der Waals surface area contributed by atoms with E-state index in [0.29, 0.717) is 16.7 Å². The number of aryl methyl sites for hydroxylation is 1. The molecule has 1 N–H and O–H groups in total. The summed E-state index contributed by atoms with van der Waals surface area (Å²) in [6, 6.07) is 15.7. The van der Waals surface area contributed by atoms with Gasteiger partial charge in [0.25, 0.3) is 5.91 Å². The molecule has 0 aliphatic heterocycles. The minimum absolute atomic E-state index is 0.0778. The molecule has 0 fully saturated rings. The Morgan fingerprint density at radius 3 is 2.45 bits per heavy atom. The maximum absolute atomic E-state index is 12.8. The number of sulfone groups is 1. The van der Waals surface area contributed by atoms with Crippen LogP contribution in [0.5, 0.6) is 0 Å². The highest BCUT2D eigenvalue weighted by Crippen LogP contribution is 2.20. The van der Waals surface area contributed by atoms with Crippen LogP contribution in [0.1, 0.15) is 21.5 Å². The lowest BCUT2D eigenvalue weighted by Gasteiger charge is -2.08. The summed E-state index contributed by atoms with van der Waals surface area (Å²) in [6.45, 7) is 1.99. The van der Waals surface area contributed by atoms with E-state index in [-0.39, 0.29) is 11.1 Å². The minimum atomic E-state index is -3.77. The standard InChI is InChI=1S/C21H16N6O3S/c1-13-3-6-16(7-4-13)27-25-18-8-5-15(10-19(18)26-27)24-20(28)17-9-14(11-22)12-23-21(17)31(2,29)30/h3-10,12H,1-2H3,(H,24,28). The van der Waals surface area contributed by atoms with Crippen molar-refractivity contribution in [3.63, 3.8) is 0 Å². The number of hydrogen-bond acceptors (Lipinski definition) is 7. The number of aromatic nitrogens is 4. The Bertz CT molecular complexity index is 1470. The molecule has 0 saturated carbocycles. The summed E-state index contributed by atoms with van der Waals surface area (Å²) in [5.41, 5.74) is 3.36. The van der Waals surface area contributed by atoms with Crippen LogP contribution < -0.4 is 5.32 Å². The Hall–Kier alpha value is -4.10. The second-order valence-corrected chi connectivity index (χ2v) is 8.87. The average Bonchev–Trinajstić information content (AvgIpc) is 3.16. The van der Waals surface area contributed by atoms with Gasteiger partial charge in [0.05, 0.1) is 16.8 Å². The smallest absolute Gasteiger partial charge is 0.258 e. The molecule has 2 aromatic heterocycles. The van der Waals surface area contributed by atoms with Crippen LogP contribution in [0.4, 0.5) is 5.69 Å². The highest BCUT2D eigenvalue weighted by atomic mass is 32.2. The van der Waals surface area contributed by atoms with Gasteiger partial charge < -0.3 is 5.32 Å². The Balaban J connectivity index is 1.67. The van der Waals surface area contributed by atoms with Crippen molar-refractivity contribution in [3.8, 4) is 11.8 Å². The van der Waals surface area contributed by atoms with Crippen molar-refractivity contribution in [1.82, 2.24) is 20.0 Å². The zero-order chi connectivity index (χ0) is 22.2. The number of hydrogen-bond donors (Lipinski definition) is 1. The summed E-state index contributed by atoms with van der Waals surface area (Å²) in [4.78, 5) is 18.1. The third kappa shape index (κ3) is 4.12. The number of pyridine rings is 1. The molecule has 10 heteroatoms. The molecule has 0 unspecified atom stereocenters. The first kappa shape index (κ1) is 20.2. The first-order chi connectivity index (χ1) is 14.7. The fourth-order valence-corrected chi connectivity index (χ4v) is 3.75. The van der Waals surface area contributed by atoms with Gasteiger partial charge in [-0.25, -0.2) is 13.4 Å². The van der Waals surface area contributed by atoms with Crippen LogP contribution in [-0.4, -0.2) is 40.6 Å². The number of nitrogens with zero attached hydrogens (tertiary/aromatic N) is 5. The van der Waals surface area contributed by atoms with E-state index in [1.54, 1.807) is 18.2 Å². The van der Waals surface area contributed by atoms with Crippen LogP contribution in [0.3, 0.4) is 0 Å². The molecule has 9 nitrogen and oxygen atoms in total. The van der Waals surface area contributed by atoms with Crippen molar-refractivity contribution in [2.24, 2.45) is 0 Å². The Kier molecular flexibility index (Phi) is 4.96. The van der Waals surface area contributed by atoms with E-state index >= 15 is 0 Å². The Labute approximate surface area is 177 Å². The van der Waals surface area contributed by atoms with Crippen LogP contribution in [0.2, 0.25) is 0 Å². The number of benzene rings is 2. The summed E-state index contributed by atoms with van der Waals surface area (Å²) in [6.07, 6.45) is 2.07. The molecule has 0 atom stereocenters. The molecule has 1 amide bonds. The van der Waals surface area contributed by atoms with E-state index < -0.39 is 20.8 Å². The van der Waals surface area contributed by atoms with Crippen molar-refractivity contribution in [1.29, 1.82) is 5.26 Å². The van der Waals surface area contributed by atoms with Crippen molar-refractivity contribution in [3.05, 3.63) is 71.4 Å². The van der Waals surface area contributed by atoms with Crippen LogP contribution >= 0.6 is 0 Å². The SMILES string of the molecule is Cc1ccc(-n2nc3ccc(NC(=O)c4cc(C#N)cnc4S(C)(=O)=O)cc3n2)cc1. The molecule has 0 radical (unpaired) electrons. The summed E-state index contributed by atoms with van der Waals surface area (Å²) in [5, 5.41) is 20.2. The lowest BCUT2D eigenvalue weighted by molar-refractivity contribution is 0.102. The van der Waals surface area contributed by atoms with Gasteiger partial charge in [0, 0.05) is 18.1 Å². The summed E-state index contributed by atoms with van der Waals surface area (Å²) in [7, 11) is -3.77. The first-order valence-corrected chi connectivity index (χ1v) is 11.0. The highest BCUT2D eigenvalue weighted by molar-refractivity contribution is 7.90. The third-order valence-electron chi connectivity index (χ3n) is 4.48. The predicted octanol–water partition coefficient (Wildman–Crippen LogP) is 2.65. The molecule has 0 spiro atoms. The van der Waals surface area contributed by atoms with Gasteiger partial charge >= 0.3 is 0 Å². The largest absolute Gasteiger partial charge is 0.322 e. The molecule has 31 heavy (non-hydrogen) atoms. The molecule has 0 saturated heterocycles. The zero-order valence-corrected chi connectivity index (χ0v) is 17.4. The third-order valence-corrected chi connectivity index (χ3v) is 5.51. The van der Waals surface area contributed by atoms with Gasteiger partial charge in [-0.15, -0.1) is 10.2 Å². The molecular weight excluding hydrogens is 416 g/mol. The predicted molar refractivity (Wildman–Crippen MR) is 114 cm³/mol. The van der Waals surface area contributed by atoms with Gasteiger partial charge in [0.15, 0.2) is 14.9 Å². The van der Waals surface area contributed by atoms with E-state index in [1.165, 1.54) is 10.9 Å². The lowest BCUT2D eigenvalue weighted by atomic mass is 10.2. The zero-order valence-electron chi connectivity index (χ0n) is 16.6. The number of carbonyl (C=O) groups excluding carboxylic acids is 1. The monoisotopic (exact) mass is 432 g/mol. The molecule has 2 heterocycles. The van der Waals surface area contributed by atoms with E-state index in [9.17, 15) is 13.2 Å². The second kappa shape index (κ2) is 7.62. The maximum atomic E-state index is 12.8. The molecule has 0 bridgehead atoms. The lowest BCUT2D eigenvalue weighted by Crippen LogP contribution is -2.17. The van der Waals surface area contributed by atoms with Crippen LogP contribution in [0.15, 0.2) is 59.8 Å². The number of anilines is 1. The molecule has 4 aromatic rings.